The van der Waals surface area contributed by atoms with Crippen molar-refractivity contribution in [3.8, 4) is 22.8 Å². The second-order valence-corrected chi connectivity index (χ2v) is 11.0. The van der Waals surface area contributed by atoms with Crippen LogP contribution in [0, 0.1) is 26.0 Å². The molecule has 44 heavy (non-hydrogen) atoms. The normalized spacial score (nSPS) is 11.7. The zero-order chi connectivity index (χ0) is 28.7. The van der Waals surface area contributed by atoms with Gasteiger partial charge in [-0.05, 0) is 36.8 Å². The summed E-state index contributed by atoms with van der Waals surface area (Å²) < 4.78 is 10.8. The number of aromatic nitrogens is 4. The minimum Gasteiger partial charge on any atom is -0.497 e. The van der Waals surface area contributed by atoms with Crippen LogP contribution in [0.1, 0.15) is 11.4 Å². The first-order valence-electron chi connectivity index (χ1n) is 14.4. The molecule has 0 bridgehead atoms. The van der Waals surface area contributed by atoms with E-state index in [1.807, 2.05) is 30.3 Å². The van der Waals surface area contributed by atoms with Crippen molar-refractivity contribution in [1.29, 1.82) is 0 Å². The number of aryl methyl sites for hydroxylation is 2. The van der Waals surface area contributed by atoms with Gasteiger partial charge in [0.25, 0.3) is 0 Å². The summed E-state index contributed by atoms with van der Waals surface area (Å²) in [4.78, 5) is 10.0. The van der Waals surface area contributed by atoms with Gasteiger partial charge in [0.2, 0.25) is 0 Å². The van der Waals surface area contributed by atoms with E-state index in [1.165, 1.54) is 0 Å². The molecule has 4 aromatic heterocycles. The number of benzene rings is 5. The van der Waals surface area contributed by atoms with E-state index >= 15 is 0 Å². The predicted octanol–water partition coefficient (Wildman–Crippen LogP) is 9.27. The van der Waals surface area contributed by atoms with Crippen LogP contribution in [0.5, 0.6) is 11.5 Å². The summed E-state index contributed by atoms with van der Waals surface area (Å²) in [7, 11) is 0. The van der Waals surface area contributed by atoms with Crippen molar-refractivity contribution in [2.24, 2.45) is 0 Å². The number of hydrogen-bond acceptors (Lipinski definition) is 3. The van der Waals surface area contributed by atoms with Gasteiger partial charge >= 0.3 is 20.4 Å². The predicted molar refractivity (Wildman–Crippen MR) is 173 cm³/mol. The first-order chi connectivity index (χ1) is 21.1. The van der Waals surface area contributed by atoms with Crippen molar-refractivity contribution in [3.63, 3.8) is 0 Å². The summed E-state index contributed by atoms with van der Waals surface area (Å²) >= 11 is 0. The van der Waals surface area contributed by atoms with Crippen molar-refractivity contribution in [2.75, 3.05) is 0 Å². The van der Waals surface area contributed by atoms with Crippen molar-refractivity contribution < 1.29 is 25.2 Å². The maximum absolute atomic E-state index is 6.46. The zero-order valence-electron chi connectivity index (χ0n) is 23.9. The quantitative estimate of drug-likeness (QED) is 0.108. The minimum absolute atomic E-state index is 0. The topological polar surface area (TPSA) is 43.8 Å². The Balaban J connectivity index is 0.00000289. The molecule has 0 saturated carbocycles. The molecule has 5 aromatic carbocycles. The maximum Gasteiger partial charge on any atom is 2.00 e. The van der Waals surface area contributed by atoms with Gasteiger partial charge in [-0.15, -0.1) is 12.1 Å². The molecule has 0 fully saturated rings. The fraction of sp³-hybridized carbons (Fsp3) is 0.0526. The third-order valence-corrected chi connectivity index (χ3v) is 8.51. The van der Waals surface area contributed by atoms with Gasteiger partial charge < -0.3 is 13.5 Å². The molecule has 6 heteroatoms. The van der Waals surface area contributed by atoms with Crippen molar-refractivity contribution in [3.05, 3.63) is 133 Å². The number of nitrogens with zero attached hydrogens (tertiary/aromatic N) is 4. The first kappa shape index (κ1) is 26.6. The monoisotopic (exact) mass is 658 g/mol. The van der Waals surface area contributed by atoms with Gasteiger partial charge in [0, 0.05) is 45.7 Å². The molecule has 212 valence electrons. The van der Waals surface area contributed by atoms with Gasteiger partial charge in [-0.2, -0.15) is 0 Å². The van der Waals surface area contributed by atoms with Gasteiger partial charge in [-0.25, -0.2) is 0 Å². The van der Waals surface area contributed by atoms with E-state index < -0.39 is 0 Å². The first-order valence-corrected chi connectivity index (χ1v) is 14.4. The molecule has 5 nitrogen and oxygen atoms in total. The van der Waals surface area contributed by atoms with Gasteiger partial charge in [0.15, 0.2) is 0 Å². The number of fused-ring (bicyclic) bond motifs is 12. The minimum atomic E-state index is 0. The third-order valence-electron chi connectivity index (χ3n) is 8.51. The Morgan fingerprint density at radius 1 is 0.591 bits per heavy atom. The molecule has 9 rings (SSSR count). The van der Waals surface area contributed by atoms with E-state index in [4.69, 9.17) is 14.7 Å². The Labute approximate surface area is 267 Å². The summed E-state index contributed by atoms with van der Waals surface area (Å²) in [5.74, 6) is 1.22. The second-order valence-electron chi connectivity index (χ2n) is 11.0. The van der Waals surface area contributed by atoms with Crippen LogP contribution in [-0.4, -0.2) is 18.8 Å². The molecule has 0 spiro atoms. The summed E-state index contributed by atoms with van der Waals surface area (Å²) in [6, 6.07) is 42.4. The Hall–Kier alpha value is -5.02. The molecule has 0 saturated heterocycles. The van der Waals surface area contributed by atoms with Crippen LogP contribution in [0.4, 0.5) is 0 Å². The Kier molecular flexibility index (Phi) is 6.06. The molecule has 0 radical (unpaired) electrons. The summed E-state index contributed by atoms with van der Waals surface area (Å²) in [5, 5.41) is 6.32. The SMILES string of the molecule is Cc1nc2c3[c-]c(Oc4[c-]c5c(cc4)c4ccccc4n4cc(-c6ccccc6)nc54)ccc3c3ccccc3n2c1C.[Pd+2]. The number of imidazole rings is 2. The molecule has 0 aliphatic rings. The van der Waals surface area contributed by atoms with Crippen LogP contribution >= 0.6 is 0 Å². The fourth-order valence-corrected chi connectivity index (χ4v) is 6.36. The number of para-hydroxylation sites is 2. The summed E-state index contributed by atoms with van der Waals surface area (Å²) in [5.41, 5.74) is 8.09. The molecular weight excluding hydrogens is 635 g/mol. The van der Waals surface area contributed by atoms with Gasteiger partial charge in [-0.1, -0.05) is 113 Å². The van der Waals surface area contributed by atoms with Crippen LogP contribution in [0.25, 0.3) is 65.9 Å². The number of rotatable bonds is 3. The maximum atomic E-state index is 6.46. The number of hydrogen-bond donors (Lipinski definition) is 0. The molecule has 0 atom stereocenters. The van der Waals surface area contributed by atoms with E-state index in [-0.39, 0.29) is 20.4 Å². The smallest absolute Gasteiger partial charge is 0.497 e. The van der Waals surface area contributed by atoms with Gasteiger partial charge in [0.05, 0.1) is 17.0 Å². The van der Waals surface area contributed by atoms with Crippen LogP contribution in [-0.2, 0) is 20.4 Å². The van der Waals surface area contributed by atoms with Crippen molar-refractivity contribution in [1.82, 2.24) is 18.8 Å². The molecule has 4 heterocycles. The summed E-state index contributed by atoms with van der Waals surface area (Å²) in [6.45, 7) is 4.16. The van der Waals surface area contributed by atoms with Crippen LogP contribution in [0.2, 0.25) is 0 Å². The Morgan fingerprint density at radius 2 is 1.18 bits per heavy atom. The zero-order valence-corrected chi connectivity index (χ0v) is 25.5. The van der Waals surface area contributed by atoms with Crippen LogP contribution < -0.4 is 4.74 Å². The molecule has 0 aliphatic carbocycles. The number of ether oxygens (including phenoxy) is 1. The van der Waals surface area contributed by atoms with Crippen LogP contribution in [0.15, 0.2) is 109 Å². The Morgan fingerprint density at radius 3 is 1.89 bits per heavy atom. The second kappa shape index (κ2) is 10.0. The molecule has 0 amide bonds. The van der Waals surface area contributed by atoms with E-state index in [1.54, 1.807) is 0 Å². The molecule has 0 aliphatic heterocycles. The van der Waals surface area contributed by atoms with E-state index in [2.05, 4.69) is 114 Å². The van der Waals surface area contributed by atoms with E-state index in [0.717, 1.165) is 77.3 Å². The van der Waals surface area contributed by atoms with E-state index in [9.17, 15) is 0 Å². The average Bonchev–Trinajstić information content (AvgIpc) is 3.64. The fourth-order valence-electron chi connectivity index (χ4n) is 6.36. The molecule has 9 aromatic rings. The largest absolute Gasteiger partial charge is 2.00 e. The molecule has 0 unspecified atom stereocenters. The van der Waals surface area contributed by atoms with Crippen LogP contribution in [0.3, 0.4) is 0 Å². The number of pyridine rings is 2. The van der Waals surface area contributed by atoms with Gasteiger partial charge in [0.1, 0.15) is 0 Å². The Bertz CT molecular complexity index is 2570. The van der Waals surface area contributed by atoms with E-state index in [0.29, 0.717) is 11.5 Å². The van der Waals surface area contributed by atoms with Crippen molar-refractivity contribution >= 4 is 54.6 Å². The van der Waals surface area contributed by atoms with Gasteiger partial charge in [-0.3, -0.25) is 9.97 Å². The molecule has 0 N–H and O–H groups in total. The standard InChI is InChI=1S/C38H24N4O.Pd/c1-23-24(2)42-36-15-9-7-13-31(36)29-19-17-27(21-33(29)38(42)39-23)43-26-16-18-28-30-12-6-8-14-35(30)41-22-34(25-10-4-3-5-11-25)40-37(41)32(28)20-26;/h3-19,22H,1-2H3;/q-2;+2. The average molecular weight is 659 g/mol. The molecular formula is C38H24N4OPd. The summed E-state index contributed by atoms with van der Waals surface area (Å²) in [6.07, 6.45) is 2.11. The van der Waals surface area contributed by atoms with Crippen molar-refractivity contribution in [2.45, 2.75) is 13.8 Å². The third kappa shape index (κ3) is 3.89.